The van der Waals surface area contributed by atoms with E-state index in [1.54, 1.807) is 40.6 Å². The number of carbonyl (C=O) groups excluding carboxylic acids is 1. The number of aromatic nitrogens is 2. The van der Waals surface area contributed by atoms with Gasteiger partial charge in [-0.25, -0.2) is 23.2 Å². The monoisotopic (exact) mass is 635 g/mol. The molecule has 0 bridgehead atoms. The summed E-state index contributed by atoms with van der Waals surface area (Å²) in [5, 5.41) is 3.39. The number of ether oxygens (including phenoxy) is 1. The second-order valence-corrected chi connectivity index (χ2v) is 14.7. The zero-order chi connectivity index (χ0) is 31.1. The number of thiazole rings is 1. The Morgan fingerprint density at radius 2 is 1.86 bits per heavy atom. The molecule has 2 aromatic heterocycles. The number of rotatable bonds is 9. The van der Waals surface area contributed by atoms with E-state index in [0.717, 1.165) is 36.3 Å². The van der Waals surface area contributed by atoms with Crippen LogP contribution in [0.1, 0.15) is 17.5 Å². The number of hydrogen-bond donors (Lipinski definition) is 1. The Bertz CT molecular complexity index is 1780. The molecule has 6 rings (SSSR count). The fourth-order valence-electron chi connectivity index (χ4n) is 6.08. The third kappa shape index (κ3) is 5.89. The average molecular weight is 636 g/mol. The molecule has 232 valence electrons. The first-order chi connectivity index (χ1) is 21.1. The number of pyridine rings is 1. The highest BCUT2D eigenvalue weighted by Gasteiger charge is 2.48. The molecule has 2 aliphatic rings. The Morgan fingerprint density at radius 3 is 2.57 bits per heavy atom. The van der Waals surface area contributed by atoms with E-state index in [1.807, 2.05) is 55.4 Å². The van der Waals surface area contributed by atoms with Crippen LogP contribution < -0.4 is 15.0 Å². The Morgan fingerprint density at radius 1 is 1.07 bits per heavy atom. The van der Waals surface area contributed by atoms with Crippen molar-refractivity contribution in [2.75, 3.05) is 71.2 Å². The Balaban J connectivity index is 1.32. The minimum absolute atomic E-state index is 0.244. The second-order valence-electron chi connectivity index (χ2n) is 11.8. The highest BCUT2D eigenvalue weighted by Crippen LogP contribution is 2.47. The van der Waals surface area contributed by atoms with Crippen molar-refractivity contribution in [3.63, 3.8) is 0 Å². The summed E-state index contributed by atoms with van der Waals surface area (Å²) in [5.74, 6) is 0.481. The van der Waals surface area contributed by atoms with Crippen LogP contribution in [-0.4, -0.2) is 99.5 Å². The number of urea groups is 1. The van der Waals surface area contributed by atoms with E-state index >= 15 is 0 Å². The summed E-state index contributed by atoms with van der Waals surface area (Å²) in [7, 11) is 3.65. The molecule has 2 aliphatic heterocycles. The molecule has 1 N–H and O–H groups in total. The van der Waals surface area contributed by atoms with E-state index in [-0.39, 0.29) is 22.9 Å². The van der Waals surface area contributed by atoms with Crippen molar-refractivity contribution in [2.24, 2.45) is 0 Å². The van der Waals surface area contributed by atoms with Gasteiger partial charge in [0.25, 0.3) is 0 Å². The van der Waals surface area contributed by atoms with Crippen molar-refractivity contribution in [1.29, 1.82) is 0 Å². The Kier molecular flexibility index (Phi) is 8.33. The van der Waals surface area contributed by atoms with Crippen LogP contribution in [0.2, 0.25) is 0 Å². The lowest BCUT2D eigenvalue weighted by molar-refractivity contribution is 0.256. The molecule has 0 saturated carbocycles. The number of likely N-dealkylation sites (N-methyl/N-ethyl adjacent to an activating group) is 2. The fourth-order valence-corrected chi connectivity index (χ4v) is 8.34. The molecule has 4 heterocycles. The summed E-state index contributed by atoms with van der Waals surface area (Å²) in [5.41, 5.74) is 2.84. The van der Waals surface area contributed by atoms with Crippen LogP contribution in [-0.2, 0) is 22.0 Å². The molecule has 11 nitrogen and oxygen atoms in total. The minimum Gasteiger partial charge on any atom is -0.481 e. The van der Waals surface area contributed by atoms with E-state index < -0.39 is 10.0 Å². The third-order valence-corrected chi connectivity index (χ3v) is 11.1. The molecule has 1 spiro atoms. The first-order valence-electron chi connectivity index (χ1n) is 14.5. The van der Waals surface area contributed by atoms with Crippen LogP contribution in [0.15, 0.2) is 65.6 Å². The Labute approximate surface area is 262 Å². The number of anilines is 2. The molecule has 4 aromatic rings. The lowest BCUT2D eigenvalue weighted by Crippen LogP contribution is -2.40. The normalized spacial score (nSPS) is 18.5. The lowest BCUT2D eigenvalue weighted by atomic mass is 9.81. The second kappa shape index (κ2) is 12.1. The van der Waals surface area contributed by atoms with Crippen molar-refractivity contribution in [3.8, 4) is 5.88 Å². The molecule has 1 fully saturated rings. The van der Waals surface area contributed by atoms with Gasteiger partial charge in [0.15, 0.2) is 5.13 Å². The molecule has 0 radical (unpaired) electrons. The predicted molar refractivity (Wildman–Crippen MR) is 173 cm³/mol. The first kappa shape index (κ1) is 30.4. The number of fused-ring (bicyclic) bond motifs is 3. The smallest absolute Gasteiger partial charge is 0.328 e. The van der Waals surface area contributed by atoms with E-state index in [1.165, 1.54) is 11.3 Å². The van der Waals surface area contributed by atoms with Crippen LogP contribution >= 0.6 is 11.3 Å². The molecular formula is C31H37N7O4S2. The van der Waals surface area contributed by atoms with Crippen LogP contribution in [0.3, 0.4) is 0 Å². The van der Waals surface area contributed by atoms with Crippen LogP contribution in [0, 0.1) is 0 Å². The van der Waals surface area contributed by atoms with Gasteiger partial charge >= 0.3 is 6.03 Å². The van der Waals surface area contributed by atoms with Gasteiger partial charge in [0.1, 0.15) is 10.3 Å². The maximum Gasteiger partial charge on any atom is 0.328 e. The number of sulfonamides is 1. The number of likely N-dealkylation sites (tertiary alicyclic amines) is 1. The molecule has 0 aliphatic carbocycles. The summed E-state index contributed by atoms with van der Waals surface area (Å²) >= 11 is 1.28. The molecule has 2 amide bonds. The molecule has 1 atom stereocenters. The average Bonchev–Trinajstić information content (AvgIpc) is 3.69. The lowest BCUT2D eigenvalue weighted by Gasteiger charge is -2.26. The summed E-state index contributed by atoms with van der Waals surface area (Å²) in [6, 6.07) is 18.1. The summed E-state index contributed by atoms with van der Waals surface area (Å²) in [6.07, 6.45) is 0.822. The van der Waals surface area contributed by atoms with Crippen LogP contribution in [0.25, 0.3) is 10.3 Å². The molecule has 0 unspecified atom stereocenters. The maximum atomic E-state index is 14.2. The highest BCUT2D eigenvalue weighted by molar-refractivity contribution is 7.89. The van der Waals surface area contributed by atoms with E-state index in [2.05, 4.69) is 27.2 Å². The first-order valence-corrected chi connectivity index (χ1v) is 16.8. The van der Waals surface area contributed by atoms with Crippen molar-refractivity contribution < 1.29 is 17.9 Å². The number of benzene rings is 2. The topological polar surface area (TPSA) is 111 Å². The van der Waals surface area contributed by atoms with Gasteiger partial charge in [-0.1, -0.05) is 41.7 Å². The quantitative estimate of drug-likeness (QED) is 0.293. The van der Waals surface area contributed by atoms with E-state index in [0.29, 0.717) is 41.0 Å². The fraction of sp³-hybridized carbons (Fsp3) is 0.387. The van der Waals surface area contributed by atoms with Gasteiger partial charge in [-0.3, -0.25) is 10.2 Å². The van der Waals surface area contributed by atoms with Gasteiger partial charge in [-0.05, 0) is 69.5 Å². The highest BCUT2D eigenvalue weighted by atomic mass is 32.2. The largest absolute Gasteiger partial charge is 0.481 e. The van der Waals surface area contributed by atoms with Crippen LogP contribution in [0.4, 0.5) is 15.6 Å². The van der Waals surface area contributed by atoms with Gasteiger partial charge in [0.05, 0.1) is 12.0 Å². The maximum absolute atomic E-state index is 14.2. The van der Waals surface area contributed by atoms with Crippen molar-refractivity contribution >= 4 is 48.6 Å². The SMILES string of the molecule is COc1ccc2nc(NC(=O)N3C[C@]4(CCN(C)C4)c4cc(S(=O)(=O)N(CCN(C)C)Cc5ccccc5)ccc43)sc2n1. The molecule has 1 saturated heterocycles. The number of amides is 2. The molecular weight excluding hydrogens is 599 g/mol. The van der Waals surface area contributed by atoms with Gasteiger partial charge in [0, 0.05) is 49.9 Å². The summed E-state index contributed by atoms with van der Waals surface area (Å²) in [4.78, 5) is 29.5. The number of methoxy groups -OCH3 is 1. The Hall–Kier alpha value is -3.62. The van der Waals surface area contributed by atoms with Gasteiger partial charge < -0.3 is 14.5 Å². The minimum atomic E-state index is -3.83. The van der Waals surface area contributed by atoms with Crippen molar-refractivity contribution in [2.45, 2.75) is 23.3 Å². The zero-order valence-corrected chi connectivity index (χ0v) is 27.0. The summed E-state index contributed by atoms with van der Waals surface area (Å²) < 4.78 is 35.1. The number of carbonyl (C=O) groups is 1. The van der Waals surface area contributed by atoms with E-state index in [4.69, 9.17) is 4.74 Å². The van der Waals surface area contributed by atoms with Crippen molar-refractivity contribution in [3.05, 3.63) is 71.8 Å². The molecule has 2 aromatic carbocycles. The van der Waals surface area contributed by atoms with E-state index in [9.17, 15) is 13.2 Å². The van der Waals surface area contributed by atoms with Crippen LogP contribution in [0.5, 0.6) is 5.88 Å². The zero-order valence-electron chi connectivity index (χ0n) is 25.4. The van der Waals surface area contributed by atoms with Crippen molar-refractivity contribution in [1.82, 2.24) is 24.1 Å². The van der Waals surface area contributed by atoms with Gasteiger partial charge in [-0.15, -0.1) is 0 Å². The van der Waals surface area contributed by atoms with Gasteiger partial charge in [-0.2, -0.15) is 4.31 Å². The number of hydrogen-bond acceptors (Lipinski definition) is 9. The third-order valence-electron chi connectivity index (χ3n) is 8.37. The molecule has 44 heavy (non-hydrogen) atoms. The summed E-state index contributed by atoms with van der Waals surface area (Å²) in [6.45, 7) is 3.26. The standard InChI is InChI=1S/C31H37N7O4S2/c1-35(2)16-17-37(19-22-8-6-5-7-9-22)44(40,41)23-10-12-26-24(18-23)31(14-15-36(3)20-31)21-38(26)30(39)34-29-32-25-11-13-27(42-4)33-28(25)43-29/h5-13,18H,14-17,19-21H2,1-4H3,(H,32,34,39)/t31-/m1/s1. The number of nitrogens with zero attached hydrogens (tertiary/aromatic N) is 6. The molecule has 13 heteroatoms. The number of nitrogens with one attached hydrogen (secondary N) is 1. The predicted octanol–water partition coefficient (Wildman–Crippen LogP) is 4.08. The van der Waals surface area contributed by atoms with Gasteiger partial charge in [0.2, 0.25) is 15.9 Å².